The topological polar surface area (TPSA) is 70.7 Å². The second-order valence-electron chi connectivity index (χ2n) is 9.39. The molecule has 2 N–H and O–H groups in total. The molecule has 200 valence electrons. The number of rotatable bonds is 7. The van der Waals surface area contributed by atoms with Crippen LogP contribution in [0.25, 0.3) is 11.1 Å². The molecule has 0 aliphatic carbocycles. The van der Waals surface area contributed by atoms with Crippen molar-refractivity contribution in [1.29, 1.82) is 0 Å². The van der Waals surface area contributed by atoms with Gasteiger partial charge in [0.15, 0.2) is 0 Å². The van der Waals surface area contributed by atoms with Gasteiger partial charge in [0.25, 0.3) is 0 Å². The molecule has 0 fully saturated rings. The van der Waals surface area contributed by atoms with Gasteiger partial charge < -0.3 is 20.3 Å². The van der Waals surface area contributed by atoms with Crippen LogP contribution in [-0.2, 0) is 9.53 Å². The molecule has 0 saturated heterocycles. The smallest absolute Gasteiger partial charge is 0.390 e. The van der Waals surface area contributed by atoms with E-state index >= 15 is 0 Å². The first-order chi connectivity index (χ1) is 18.1. The fourth-order valence-electron chi connectivity index (χ4n) is 4.84. The Morgan fingerprint density at radius 3 is 2.37 bits per heavy atom. The summed E-state index contributed by atoms with van der Waals surface area (Å²) in [4.78, 5) is 26.1. The maximum absolute atomic E-state index is 12.5. The molecule has 1 amide bonds. The molecule has 38 heavy (non-hydrogen) atoms. The lowest BCUT2D eigenvalue weighted by molar-refractivity contribution is -0.131. The zero-order valence-corrected chi connectivity index (χ0v) is 21.4. The largest absolute Gasteiger partial charge is 0.465 e. The minimum Gasteiger partial charge on any atom is -0.465 e. The van der Waals surface area contributed by atoms with Crippen molar-refractivity contribution in [3.63, 3.8) is 0 Å². The molecule has 1 heterocycles. The molecule has 0 bridgehead atoms. The lowest BCUT2D eigenvalue weighted by atomic mass is 9.88. The van der Waals surface area contributed by atoms with Crippen LogP contribution in [-0.4, -0.2) is 37.7 Å². The van der Waals surface area contributed by atoms with Gasteiger partial charge in [-0.05, 0) is 78.6 Å². The van der Waals surface area contributed by atoms with Crippen molar-refractivity contribution in [2.24, 2.45) is 0 Å². The number of nitrogens with zero attached hydrogens (tertiary/aromatic N) is 1. The first kappa shape index (κ1) is 27.0. The average molecular weight is 526 g/mol. The molecular formula is C29H30F3N3O3. The quantitative estimate of drug-likeness (QED) is 0.332. The van der Waals surface area contributed by atoms with Gasteiger partial charge in [0.05, 0.1) is 25.1 Å². The highest BCUT2D eigenvalue weighted by molar-refractivity contribution is 5.94. The van der Waals surface area contributed by atoms with E-state index in [1.807, 2.05) is 49.4 Å². The first-order valence-electron chi connectivity index (χ1n) is 12.4. The van der Waals surface area contributed by atoms with Gasteiger partial charge in [-0.1, -0.05) is 18.2 Å². The molecule has 0 spiro atoms. The first-order valence-corrected chi connectivity index (χ1v) is 12.4. The highest BCUT2D eigenvalue weighted by Gasteiger charge is 2.33. The summed E-state index contributed by atoms with van der Waals surface area (Å²) in [6, 6.07) is 20.0. The predicted molar refractivity (Wildman–Crippen MR) is 142 cm³/mol. The third-order valence-electron chi connectivity index (χ3n) is 6.60. The SMILES string of the molecule is COC(=O)c1ccc(N[C@@H]2C[C@H](C)N(C(C)=O)c3ccc(-c4cccc(NCCC(F)(F)F)c4)cc32)cc1. The van der Waals surface area contributed by atoms with Crippen LogP contribution >= 0.6 is 0 Å². The standard InChI is InChI=1S/C29H30F3N3O3/c1-18-15-26(34-23-10-7-20(8-11-23)28(37)38-3)25-17-22(9-12-27(25)35(18)19(2)36)21-5-4-6-24(16-21)33-14-13-29(30,31)32/h4-12,16-18,26,33-34H,13-15H2,1-3H3/t18-,26+/m0/s1. The van der Waals surface area contributed by atoms with E-state index in [4.69, 9.17) is 4.74 Å². The lowest BCUT2D eigenvalue weighted by Crippen LogP contribution is -2.43. The number of ether oxygens (including phenoxy) is 1. The fraction of sp³-hybridized carbons (Fsp3) is 0.310. The lowest BCUT2D eigenvalue weighted by Gasteiger charge is -2.39. The number of methoxy groups -OCH3 is 1. The van der Waals surface area contributed by atoms with E-state index in [0.717, 1.165) is 28.1 Å². The van der Waals surface area contributed by atoms with Crippen LogP contribution in [0.3, 0.4) is 0 Å². The Bertz CT molecular complexity index is 1310. The molecule has 1 aliphatic rings. The minimum atomic E-state index is -4.22. The number of esters is 1. The highest BCUT2D eigenvalue weighted by Crippen LogP contribution is 2.41. The summed E-state index contributed by atoms with van der Waals surface area (Å²) in [5, 5.41) is 6.38. The zero-order chi connectivity index (χ0) is 27.4. The molecule has 0 saturated carbocycles. The van der Waals surface area contributed by atoms with Gasteiger partial charge in [0, 0.05) is 36.6 Å². The Labute approximate surface area is 219 Å². The Kier molecular flexibility index (Phi) is 7.94. The molecule has 3 aromatic rings. The van der Waals surface area contributed by atoms with Crippen LogP contribution < -0.4 is 15.5 Å². The van der Waals surface area contributed by atoms with Crippen LogP contribution in [0.4, 0.5) is 30.2 Å². The Morgan fingerprint density at radius 1 is 1.00 bits per heavy atom. The molecular weight excluding hydrogens is 495 g/mol. The third kappa shape index (κ3) is 6.27. The fourth-order valence-corrected chi connectivity index (χ4v) is 4.84. The summed E-state index contributed by atoms with van der Waals surface area (Å²) >= 11 is 0. The number of amides is 1. The normalized spacial score (nSPS) is 16.9. The molecule has 6 nitrogen and oxygen atoms in total. The van der Waals surface area contributed by atoms with Crippen LogP contribution in [0.15, 0.2) is 66.7 Å². The van der Waals surface area contributed by atoms with Gasteiger partial charge in [-0.2, -0.15) is 13.2 Å². The maximum Gasteiger partial charge on any atom is 0.390 e. The summed E-state index contributed by atoms with van der Waals surface area (Å²) in [6.07, 6.45) is -4.47. The Morgan fingerprint density at radius 2 is 1.71 bits per heavy atom. The third-order valence-corrected chi connectivity index (χ3v) is 6.60. The number of anilines is 3. The van der Waals surface area contributed by atoms with Crippen LogP contribution in [0.5, 0.6) is 0 Å². The van der Waals surface area contributed by atoms with Crippen LogP contribution in [0.1, 0.15) is 48.7 Å². The molecule has 3 aromatic carbocycles. The number of benzene rings is 3. The van der Waals surface area contributed by atoms with Crippen molar-refractivity contribution in [3.8, 4) is 11.1 Å². The van der Waals surface area contributed by atoms with Crippen LogP contribution in [0.2, 0.25) is 0 Å². The van der Waals surface area contributed by atoms with Gasteiger partial charge in [0.1, 0.15) is 0 Å². The van der Waals surface area contributed by atoms with E-state index in [1.165, 1.54) is 7.11 Å². The molecule has 2 atom stereocenters. The van der Waals surface area contributed by atoms with E-state index in [0.29, 0.717) is 17.7 Å². The van der Waals surface area contributed by atoms with E-state index in [9.17, 15) is 22.8 Å². The second kappa shape index (κ2) is 11.2. The second-order valence-corrected chi connectivity index (χ2v) is 9.39. The number of nitrogens with one attached hydrogen (secondary N) is 2. The van der Waals surface area contributed by atoms with E-state index in [2.05, 4.69) is 10.6 Å². The van der Waals surface area contributed by atoms with E-state index in [1.54, 1.807) is 36.1 Å². The Balaban J connectivity index is 1.64. The summed E-state index contributed by atoms with van der Waals surface area (Å²) in [7, 11) is 1.33. The Hall–Kier alpha value is -4.01. The monoisotopic (exact) mass is 525 g/mol. The number of carbonyl (C=O) groups excluding carboxylic acids is 2. The number of carbonyl (C=O) groups is 2. The van der Waals surface area contributed by atoms with E-state index < -0.39 is 18.6 Å². The van der Waals surface area contributed by atoms with Crippen molar-refractivity contribution in [2.45, 2.75) is 44.9 Å². The predicted octanol–water partition coefficient (Wildman–Crippen LogP) is 6.80. The van der Waals surface area contributed by atoms with Crippen molar-refractivity contribution in [1.82, 2.24) is 0 Å². The van der Waals surface area contributed by atoms with Gasteiger partial charge >= 0.3 is 12.1 Å². The number of alkyl halides is 3. The summed E-state index contributed by atoms with van der Waals surface area (Å²) < 4.78 is 42.4. The van der Waals surface area contributed by atoms with Crippen molar-refractivity contribution < 1.29 is 27.5 Å². The van der Waals surface area contributed by atoms with Gasteiger partial charge in [0.2, 0.25) is 5.91 Å². The molecule has 1 aliphatic heterocycles. The summed E-state index contributed by atoms with van der Waals surface area (Å²) in [5.41, 5.74) is 5.34. The summed E-state index contributed by atoms with van der Waals surface area (Å²) in [6.45, 7) is 3.34. The number of fused-ring (bicyclic) bond motifs is 1. The van der Waals surface area contributed by atoms with Gasteiger partial charge in [-0.15, -0.1) is 0 Å². The van der Waals surface area contributed by atoms with Gasteiger partial charge in [-0.25, -0.2) is 4.79 Å². The summed E-state index contributed by atoms with van der Waals surface area (Å²) in [5.74, 6) is -0.465. The number of hydrogen-bond acceptors (Lipinski definition) is 5. The van der Waals surface area contributed by atoms with Crippen molar-refractivity contribution in [3.05, 3.63) is 77.9 Å². The van der Waals surface area contributed by atoms with Crippen molar-refractivity contribution >= 4 is 28.9 Å². The van der Waals surface area contributed by atoms with Gasteiger partial charge in [-0.3, -0.25) is 4.79 Å². The van der Waals surface area contributed by atoms with Crippen molar-refractivity contribution in [2.75, 3.05) is 29.2 Å². The molecule has 4 rings (SSSR count). The number of hydrogen-bond donors (Lipinski definition) is 2. The molecule has 0 radical (unpaired) electrons. The molecule has 0 aromatic heterocycles. The molecule has 9 heteroatoms. The minimum absolute atomic E-state index is 0.0427. The number of halogens is 3. The highest BCUT2D eigenvalue weighted by atomic mass is 19.4. The molecule has 0 unspecified atom stereocenters. The average Bonchev–Trinajstić information content (AvgIpc) is 2.87. The zero-order valence-electron chi connectivity index (χ0n) is 21.4. The van der Waals surface area contributed by atoms with Crippen LogP contribution in [0, 0.1) is 0 Å². The maximum atomic E-state index is 12.5. The van der Waals surface area contributed by atoms with E-state index in [-0.39, 0.29) is 24.5 Å².